The molecular formula is C11H23NO2. The SMILES string of the molecule is CNC1CCCC(OCCCOC)C1. The van der Waals surface area contributed by atoms with Crippen molar-refractivity contribution in [2.24, 2.45) is 0 Å². The average molecular weight is 201 g/mol. The molecule has 84 valence electrons. The van der Waals surface area contributed by atoms with Crippen molar-refractivity contribution in [3.8, 4) is 0 Å². The van der Waals surface area contributed by atoms with E-state index in [9.17, 15) is 0 Å². The maximum atomic E-state index is 5.80. The first kappa shape index (κ1) is 12.0. The highest BCUT2D eigenvalue weighted by Crippen LogP contribution is 2.20. The molecule has 1 aliphatic rings. The van der Waals surface area contributed by atoms with Gasteiger partial charge in [0, 0.05) is 26.4 Å². The number of hydrogen-bond donors (Lipinski definition) is 1. The summed E-state index contributed by atoms with van der Waals surface area (Å²) in [5.41, 5.74) is 0. The Morgan fingerprint density at radius 3 is 2.86 bits per heavy atom. The molecule has 3 heteroatoms. The van der Waals surface area contributed by atoms with E-state index in [-0.39, 0.29) is 0 Å². The zero-order valence-corrected chi connectivity index (χ0v) is 9.42. The Kier molecular flexibility index (Phi) is 6.15. The summed E-state index contributed by atoms with van der Waals surface area (Å²) in [5, 5.41) is 3.33. The van der Waals surface area contributed by atoms with Gasteiger partial charge >= 0.3 is 0 Å². The predicted molar refractivity (Wildman–Crippen MR) is 57.5 cm³/mol. The summed E-state index contributed by atoms with van der Waals surface area (Å²) in [6.45, 7) is 1.65. The van der Waals surface area contributed by atoms with Crippen molar-refractivity contribution < 1.29 is 9.47 Å². The Balaban J connectivity index is 2.05. The van der Waals surface area contributed by atoms with Gasteiger partial charge < -0.3 is 14.8 Å². The summed E-state index contributed by atoms with van der Waals surface area (Å²) in [6.07, 6.45) is 6.47. The largest absolute Gasteiger partial charge is 0.385 e. The Bertz CT molecular complexity index is 141. The predicted octanol–water partition coefficient (Wildman–Crippen LogP) is 1.57. The van der Waals surface area contributed by atoms with Crippen LogP contribution in [0, 0.1) is 0 Å². The highest BCUT2D eigenvalue weighted by atomic mass is 16.5. The molecule has 1 N–H and O–H groups in total. The summed E-state index contributed by atoms with van der Waals surface area (Å²) in [6, 6.07) is 0.663. The number of rotatable bonds is 6. The van der Waals surface area contributed by atoms with Gasteiger partial charge in [0.25, 0.3) is 0 Å². The molecular weight excluding hydrogens is 178 g/mol. The van der Waals surface area contributed by atoms with Gasteiger partial charge in [0.2, 0.25) is 0 Å². The van der Waals surface area contributed by atoms with Crippen molar-refractivity contribution in [2.75, 3.05) is 27.4 Å². The maximum Gasteiger partial charge on any atom is 0.0590 e. The van der Waals surface area contributed by atoms with Crippen LogP contribution >= 0.6 is 0 Å². The van der Waals surface area contributed by atoms with E-state index in [0.29, 0.717) is 12.1 Å². The van der Waals surface area contributed by atoms with Crippen LogP contribution in [0.2, 0.25) is 0 Å². The van der Waals surface area contributed by atoms with Gasteiger partial charge in [-0.25, -0.2) is 0 Å². The second kappa shape index (κ2) is 7.21. The van der Waals surface area contributed by atoms with Crippen LogP contribution in [0.1, 0.15) is 32.1 Å². The van der Waals surface area contributed by atoms with E-state index in [1.165, 1.54) is 25.7 Å². The second-order valence-corrected chi connectivity index (χ2v) is 3.99. The molecule has 1 fully saturated rings. The smallest absolute Gasteiger partial charge is 0.0590 e. The van der Waals surface area contributed by atoms with Crippen LogP contribution in [0.15, 0.2) is 0 Å². The Morgan fingerprint density at radius 2 is 2.14 bits per heavy atom. The minimum absolute atomic E-state index is 0.470. The monoisotopic (exact) mass is 201 g/mol. The molecule has 2 unspecified atom stereocenters. The van der Waals surface area contributed by atoms with Crippen LogP contribution in [-0.2, 0) is 9.47 Å². The third kappa shape index (κ3) is 4.40. The standard InChI is InChI=1S/C11H23NO2/c1-12-10-5-3-6-11(9-10)14-8-4-7-13-2/h10-12H,3-9H2,1-2H3. The Hall–Kier alpha value is -0.120. The molecule has 1 rings (SSSR count). The minimum atomic E-state index is 0.470. The molecule has 0 spiro atoms. The highest BCUT2D eigenvalue weighted by Gasteiger charge is 2.20. The van der Waals surface area contributed by atoms with Gasteiger partial charge in [-0.1, -0.05) is 0 Å². The van der Waals surface area contributed by atoms with E-state index in [4.69, 9.17) is 9.47 Å². The van der Waals surface area contributed by atoms with Crippen LogP contribution in [0.5, 0.6) is 0 Å². The fraction of sp³-hybridized carbons (Fsp3) is 1.00. The fourth-order valence-corrected chi connectivity index (χ4v) is 2.01. The van der Waals surface area contributed by atoms with Gasteiger partial charge in [-0.15, -0.1) is 0 Å². The van der Waals surface area contributed by atoms with E-state index >= 15 is 0 Å². The Labute approximate surface area is 87.2 Å². The maximum absolute atomic E-state index is 5.80. The first-order chi connectivity index (χ1) is 6.86. The molecule has 0 bridgehead atoms. The van der Waals surface area contributed by atoms with Gasteiger partial charge in [-0.2, -0.15) is 0 Å². The number of methoxy groups -OCH3 is 1. The van der Waals surface area contributed by atoms with Crippen molar-refractivity contribution in [3.63, 3.8) is 0 Å². The number of hydrogen-bond acceptors (Lipinski definition) is 3. The Morgan fingerprint density at radius 1 is 1.29 bits per heavy atom. The summed E-state index contributed by atoms with van der Waals surface area (Å²) >= 11 is 0. The average Bonchev–Trinajstić information content (AvgIpc) is 2.25. The van der Waals surface area contributed by atoms with Crippen molar-refractivity contribution in [1.82, 2.24) is 5.32 Å². The third-order valence-electron chi connectivity index (χ3n) is 2.88. The van der Waals surface area contributed by atoms with E-state index in [1.807, 2.05) is 7.05 Å². The lowest BCUT2D eigenvalue weighted by molar-refractivity contribution is 0.0112. The summed E-state index contributed by atoms with van der Waals surface area (Å²) in [4.78, 5) is 0. The zero-order valence-electron chi connectivity index (χ0n) is 9.42. The molecule has 0 aromatic heterocycles. The van der Waals surface area contributed by atoms with Crippen molar-refractivity contribution in [2.45, 2.75) is 44.2 Å². The first-order valence-corrected chi connectivity index (χ1v) is 5.64. The second-order valence-electron chi connectivity index (χ2n) is 3.99. The van der Waals surface area contributed by atoms with Gasteiger partial charge in [-0.05, 0) is 39.2 Å². The van der Waals surface area contributed by atoms with Crippen LogP contribution in [-0.4, -0.2) is 39.5 Å². The fourth-order valence-electron chi connectivity index (χ4n) is 2.01. The topological polar surface area (TPSA) is 30.5 Å². The van der Waals surface area contributed by atoms with Gasteiger partial charge in [0.15, 0.2) is 0 Å². The molecule has 0 aromatic carbocycles. The summed E-state index contributed by atoms with van der Waals surface area (Å²) < 4.78 is 10.8. The minimum Gasteiger partial charge on any atom is -0.385 e. The molecule has 0 saturated heterocycles. The van der Waals surface area contributed by atoms with Gasteiger partial charge in [0.1, 0.15) is 0 Å². The lowest BCUT2D eigenvalue weighted by Gasteiger charge is -2.28. The zero-order chi connectivity index (χ0) is 10.2. The van der Waals surface area contributed by atoms with Crippen molar-refractivity contribution in [3.05, 3.63) is 0 Å². The van der Waals surface area contributed by atoms with E-state index < -0.39 is 0 Å². The molecule has 0 aliphatic heterocycles. The molecule has 0 aromatic rings. The number of nitrogens with one attached hydrogen (secondary N) is 1. The normalized spacial score (nSPS) is 27.9. The quantitative estimate of drug-likeness (QED) is 0.662. The molecule has 2 atom stereocenters. The molecule has 14 heavy (non-hydrogen) atoms. The summed E-state index contributed by atoms with van der Waals surface area (Å²) in [7, 11) is 3.77. The molecule has 0 heterocycles. The van der Waals surface area contributed by atoms with Crippen LogP contribution in [0.4, 0.5) is 0 Å². The van der Waals surface area contributed by atoms with Crippen LogP contribution < -0.4 is 5.32 Å². The van der Waals surface area contributed by atoms with E-state index in [2.05, 4.69) is 5.32 Å². The molecule has 0 radical (unpaired) electrons. The van der Waals surface area contributed by atoms with Gasteiger partial charge in [0.05, 0.1) is 6.10 Å². The molecule has 1 saturated carbocycles. The van der Waals surface area contributed by atoms with Crippen LogP contribution in [0.25, 0.3) is 0 Å². The molecule has 0 amide bonds. The lowest BCUT2D eigenvalue weighted by atomic mass is 9.93. The van der Waals surface area contributed by atoms with E-state index in [1.54, 1.807) is 7.11 Å². The molecule has 1 aliphatic carbocycles. The third-order valence-corrected chi connectivity index (χ3v) is 2.88. The lowest BCUT2D eigenvalue weighted by Crippen LogP contribution is -2.34. The van der Waals surface area contributed by atoms with Gasteiger partial charge in [-0.3, -0.25) is 0 Å². The van der Waals surface area contributed by atoms with Crippen LogP contribution in [0.3, 0.4) is 0 Å². The van der Waals surface area contributed by atoms with Crippen molar-refractivity contribution in [1.29, 1.82) is 0 Å². The first-order valence-electron chi connectivity index (χ1n) is 5.64. The van der Waals surface area contributed by atoms with Crippen molar-refractivity contribution >= 4 is 0 Å². The number of ether oxygens (including phenoxy) is 2. The molecule has 3 nitrogen and oxygen atoms in total. The van der Waals surface area contributed by atoms with E-state index in [0.717, 1.165) is 19.6 Å². The summed E-state index contributed by atoms with van der Waals surface area (Å²) in [5.74, 6) is 0. The highest BCUT2D eigenvalue weighted by molar-refractivity contribution is 4.77.